The van der Waals surface area contributed by atoms with Crippen molar-refractivity contribution in [3.05, 3.63) is 11.9 Å². The van der Waals surface area contributed by atoms with Crippen molar-refractivity contribution in [3.63, 3.8) is 0 Å². The van der Waals surface area contributed by atoms with Crippen LogP contribution < -0.4 is 0 Å². The predicted molar refractivity (Wildman–Crippen MR) is 76.9 cm³/mol. The van der Waals surface area contributed by atoms with E-state index < -0.39 is 0 Å². The average Bonchev–Trinajstić information content (AvgIpc) is 2.81. The quantitative estimate of drug-likeness (QED) is 0.455. The summed E-state index contributed by atoms with van der Waals surface area (Å²) in [5.74, 6) is 0. The van der Waals surface area contributed by atoms with Crippen LogP contribution in [-0.2, 0) is 6.54 Å². The zero-order valence-electron chi connectivity index (χ0n) is 11.7. The van der Waals surface area contributed by atoms with Gasteiger partial charge in [0.25, 0.3) is 0 Å². The van der Waals surface area contributed by atoms with E-state index in [-0.39, 0.29) is 5.38 Å². The molecule has 0 saturated heterocycles. The van der Waals surface area contributed by atoms with E-state index in [9.17, 15) is 0 Å². The zero-order chi connectivity index (χ0) is 13.2. The summed E-state index contributed by atoms with van der Waals surface area (Å²) in [5, 5.41) is 8.08. The first-order chi connectivity index (χ1) is 8.74. The zero-order valence-corrected chi connectivity index (χ0v) is 12.5. The minimum absolute atomic E-state index is 0.0442. The summed E-state index contributed by atoms with van der Waals surface area (Å²) in [6.07, 6.45) is 12.7. The summed E-state index contributed by atoms with van der Waals surface area (Å²) in [4.78, 5) is 0. The highest BCUT2D eigenvalue weighted by Crippen LogP contribution is 2.15. The van der Waals surface area contributed by atoms with Crippen LogP contribution in [0.1, 0.15) is 76.3 Å². The standard InChI is InChI=1S/C14H26ClN3/c1-3-4-5-6-7-8-9-10-11-18-12-14(13(2)15)16-17-18/h12-13H,3-11H2,1-2H3. The molecule has 3 nitrogen and oxygen atoms in total. The molecule has 0 aliphatic heterocycles. The number of hydrogen-bond donors (Lipinski definition) is 0. The molecule has 0 spiro atoms. The smallest absolute Gasteiger partial charge is 0.100 e. The number of halogens is 1. The van der Waals surface area contributed by atoms with Gasteiger partial charge in [-0.15, -0.1) is 16.7 Å². The van der Waals surface area contributed by atoms with Crippen molar-refractivity contribution in [3.8, 4) is 0 Å². The first kappa shape index (κ1) is 15.5. The van der Waals surface area contributed by atoms with Crippen LogP contribution in [0.15, 0.2) is 6.20 Å². The Hall–Kier alpha value is -0.570. The monoisotopic (exact) mass is 271 g/mol. The van der Waals surface area contributed by atoms with E-state index in [2.05, 4.69) is 17.2 Å². The van der Waals surface area contributed by atoms with E-state index in [1.807, 2.05) is 17.8 Å². The Morgan fingerprint density at radius 3 is 2.28 bits per heavy atom. The molecule has 0 N–H and O–H groups in total. The van der Waals surface area contributed by atoms with E-state index in [0.717, 1.165) is 12.2 Å². The van der Waals surface area contributed by atoms with Crippen molar-refractivity contribution in [1.29, 1.82) is 0 Å². The molecule has 4 heteroatoms. The SMILES string of the molecule is CCCCCCCCCCn1cc(C(C)Cl)nn1. The highest BCUT2D eigenvalue weighted by molar-refractivity contribution is 6.20. The normalized spacial score (nSPS) is 12.8. The van der Waals surface area contributed by atoms with Crippen LogP contribution in [0.2, 0.25) is 0 Å². The molecule has 1 heterocycles. The number of unbranched alkanes of at least 4 members (excludes halogenated alkanes) is 7. The van der Waals surface area contributed by atoms with E-state index in [1.54, 1.807) is 0 Å². The minimum atomic E-state index is -0.0442. The Bertz CT molecular complexity index is 310. The Morgan fingerprint density at radius 2 is 1.72 bits per heavy atom. The molecule has 0 aromatic carbocycles. The van der Waals surface area contributed by atoms with Crippen LogP contribution in [0.4, 0.5) is 0 Å². The molecule has 18 heavy (non-hydrogen) atoms. The topological polar surface area (TPSA) is 30.7 Å². The van der Waals surface area contributed by atoms with Gasteiger partial charge in [0, 0.05) is 12.7 Å². The number of hydrogen-bond acceptors (Lipinski definition) is 2. The predicted octanol–water partition coefficient (Wildman–Crippen LogP) is 4.72. The summed E-state index contributed by atoms with van der Waals surface area (Å²) in [6, 6.07) is 0. The van der Waals surface area contributed by atoms with Crippen LogP contribution in [-0.4, -0.2) is 15.0 Å². The lowest BCUT2D eigenvalue weighted by Gasteiger charge is -2.01. The molecule has 0 fully saturated rings. The third-order valence-corrected chi connectivity index (χ3v) is 3.43. The van der Waals surface area contributed by atoms with E-state index in [1.165, 1.54) is 51.4 Å². The number of alkyl halides is 1. The lowest BCUT2D eigenvalue weighted by molar-refractivity contribution is 0.511. The number of rotatable bonds is 10. The van der Waals surface area contributed by atoms with Crippen LogP contribution in [0.3, 0.4) is 0 Å². The van der Waals surface area contributed by atoms with E-state index in [4.69, 9.17) is 11.6 Å². The van der Waals surface area contributed by atoms with Crippen LogP contribution >= 0.6 is 11.6 Å². The Labute approximate surface area is 116 Å². The molecule has 1 atom stereocenters. The van der Waals surface area contributed by atoms with Crippen LogP contribution in [0.5, 0.6) is 0 Å². The molecule has 0 bridgehead atoms. The van der Waals surface area contributed by atoms with Gasteiger partial charge < -0.3 is 0 Å². The lowest BCUT2D eigenvalue weighted by atomic mass is 10.1. The van der Waals surface area contributed by atoms with E-state index in [0.29, 0.717) is 0 Å². The number of nitrogens with zero attached hydrogens (tertiary/aromatic N) is 3. The van der Waals surface area contributed by atoms with Crippen LogP contribution in [0, 0.1) is 0 Å². The summed E-state index contributed by atoms with van der Waals surface area (Å²) >= 11 is 5.94. The molecule has 104 valence electrons. The van der Waals surface area contributed by atoms with Crippen LogP contribution in [0.25, 0.3) is 0 Å². The second-order valence-corrected chi connectivity index (χ2v) is 5.65. The maximum Gasteiger partial charge on any atom is 0.100 e. The van der Waals surface area contributed by atoms with E-state index >= 15 is 0 Å². The number of aryl methyl sites for hydroxylation is 1. The summed E-state index contributed by atoms with van der Waals surface area (Å²) in [7, 11) is 0. The van der Waals surface area contributed by atoms with Gasteiger partial charge in [-0.2, -0.15) is 0 Å². The molecule has 0 aliphatic carbocycles. The third-order valence-electron chi connectivity index (χ3n) is 3.20. The Morgan fingerprint density at radius 1 is 1.11 bits per heavy atom. The average molecular weight is 272 g/mol. The maximum absolute atomic E-state index is 5.94. The van der Waals surface area contributed by atoms with Gasteiger partial charge in [-0.25, -0.2) is 0 Å². The fourth-order valence-corrected chi connectivity index (χ4v) is 2.11. The van der Waals surface area contributed by atoms with Gasteiger partial charge >= 0.3 is 0 Å². The summed E-state index contributed by atoms with van der Waals surface area (Å²) < 4.78 is 1.91. The third kappa shape index (κ3) is 6.39. The van der Waals surface area contributed by atoms with Crippen molar-refractivity contribution < 1.29 is 0 Å². The second kappa shape index (κ2) is 9.37. The first-order valence-electron chi connectivity index (χ1n) is 7.28. The molecular formula is C14H26ClN3. The molecule has 0 saturated carbocycles. The Kier molecular flexibility index (Phi) is 8.06. The molecule has 1 aromatic heterocycles. The van der Waals surface area contributed by atoms with Gasteiger partial charge in [0.15, 0.2) is 0 Å². The van der Waals surface area contributed by atoms with Crippen molar-refractivity contribution >= 4 is 11.6 Å². The highest BCUT2D eigenvalue weighted by Gasteiger charge is 2.05. The molecule has 0 aliphatic rings. The molecule has 1 rings (SSSR count). The van der Waals surface area contributed by atoms with Gasteiger partial charge in [-0.1, -0.05) is 57.1 Å². The van der Waals surface area contributed by atoms with Gasteiger partial charge in [0.2, 0.25) is 0 Å². The highest BCUT2D eigenvalue weighted by atomic mass is 35.5. The largest absolute Gasteiger partial charge is 0.252 e. The van der Waals surface area contributed by atoms with Gasteiger partial charge in [-0.05, 0) is 13.3 Å². The fraction of sp³-hybridized carbons (Fsp3) is 0.857. The fourth-order valence-electron chi connectivity index (χ4n) is 2.01. The molecule has 1 unspecified atom stereocenters. The van der Waals surface area contributed by atoms with Crippen molar-refractivity contribution in [2.24, 2.45) is 0 Å². The molecule has 0 radical (unpaired) electrons. The van der Waals surface area contributed by atoms with Gasteiger partial charge in [0.05, 0.1) is 5.38 Å². The maximum atomic E-state index is 5.94. The molecule has 1 aromatic rings. The molecule has 0 amide bonds. The first-order valence-corrected chi connectivity index (χ1v) is 7.71. The minimum Gasteiger partial charge on any atom is -0.252 e. The Balaban J connectivity index is 2.00. The second-order valence-electron chi connectivity index (χ2n) is 5.00. The van der Waals surface area contributed by atoms with Gasteiger partial charge in [0.1, 0.15) is 5.69 Å². The van der Waals surface area contributed by atoms with Crippen molar-refractivity contribution in [1.82, 2.24) is 15.0 Å². The van der Waals surface area contributed by atoms with Crippen molar-refractivity contribution in [2.75, 3.05) is 0 Å². The number of aromatic nitrogens is 3. The summed E-state index contributed by atoms with van der Waals surface area (Å²) in [5.41, 5.74) is 0.872. The lowest BCUT2D eigenvalue weighted by Crippen LogP contribution is -1.98. The van der Waals surface area contributed by atoms with Gasteiger partial charge in [-0.3, -0.25) is 4.68 Å². The molecular weight excluding hydrogens is 246 g/mol. The summed E-state index contributed by atoms with van der Waals surface area (Å²) in [6.45, 7) is 5.14. The van der Waals surface area contributed by atoms with Crippen molar-refractivity contribution in [2.45, 2.75) is 77.1 Å².